The largest absolute Gasteiger partial charge is 0.380 e. The maximum absolute atomic E-state index is 13.1. The molecule has 0 bridgehead atoms. The van der Waals surface area contributed by atoms with Crippen LogP contribution in [0.2, 0.25) is 0 Å². The molecule has 0 radical (unpaired) electrons. The third-order valence-corrected chi connectivity index (χ3v) is 3.71. The van der Waals surface area contributed by atoms with Gasteiger partial charge in [-0.2, -0.15) is 0 Å². The summed E-state index contributed by atoms with van der Waals surface area (Å²) >= 11 is 1.68. The van der Waals surface area contributed by atoms with Gasteiger partial charge in [0.05, 0.1) is 17.2 Å². The Hall–Kier alpha value is -1.42. The van der Waals surface area contributed by atoms with E-state index < -0.39 is 0 Å². The fourth-order valence-corrected chi connectivity index (χ4v) is 2.57. The first-order valence-electron chi connectivity index (χ1n) is 5.49. The van der Waals surface area contributed by atoms with Crippen molar-refractivity contribution in [2.45, 2.75) is 27.3 Å². The molecule has 2 nitrogen and oxygen atoms in total. The highest BCUT2D eigenvalue weighted by Gasteiger charge is 2.05. The lowest BCUT2D eigenvalue weighted by molar-refractivity contribution is 0.628. The Morgan fingerprint density at radius 3 is 2.71 bits per heavy atom. The van der Waals surface area contributed by atoms with Crippen LogP contribution in [0.3, 0.4) is 0 Å². The molecular formula is C13H15FN2S. The Morgan fingerprint density at radius 2 is 2.06 bits per heavy atom. The van der Waals surface area contributed by atoms with Gasteiger partial charge < -0.3 is 5.32 Å². The highest BCUT2D eigenvalue weighted by Crippen LogP contribution is 2.21. The van der Waals surface area contributed by atoms with Crippen molar-refractivity contribution in [2.75, 3.05) is 5.32 Å². The first kappa shape index (κ1) is 12.0. The van der Waals surface area contributed by atoms with Crippen LogP contribution in [-0.2, 0) is 6.54 Å². The van der Waals surface area contributed by atoms with Crippen molar-refractivity contribution in [1.82, 2.24) is 4.98 Å². The van der Waals surface area contributed by atoms with E-state index in [9.17, 15) is 4.39 Å². The summed E-state index contributed by atoms with van der Waals surface area (Å²) in [4.78, 5) is 5.57. The number of hydrogen-bond donors (Lipinski definition) is 1. The van der Waals surface area contributed by atoms with Crippen LogP contribution in [0.5, 0.6) is 0 Å². The summed E-state index contributed by atoms with van der Waals surface area (Å²) in [6.45, 7) is 6.65. The van der Waals surface area contributed by atoms with Crippen molar-refractivity contribution in [3.05, 3.63) is 45.2 Å². The van der Waals surface area contributed by atoms with E-state index in [1.807, 2.05) is 20.8 Å². The number of halogens is 1. The minimum atomic E-state index is -0.213. The van der Waals surface area contributed by atoms with Gasteiger partial charge >= 0.3 is 0 Å². The van der Waals surface area contributed by atoms with Crippen LogP contribution in [0.15, 0.2) is 18.2 Å². The predicted octanol–water partition coefficient (Wildman–Crippen LogP) is 3.82. The molecule has 0 saturated carbocycles. The van der Waals surface area contributed by atoms with Gasteiger partial charge in [0.1, 0.15) is 5.82 Å². The number of nitrogens with one attached hydrogen (secondary N) is 1. The summed E-state index contributed by atoms with van der Waals surface area (Å²) in [5.41, 5.74) is 2.94. The van der Waals surface area contributed by atoms with Gasteiger partial charge in [0.15, 0.2) is 0 Å². The number of anilines is 1. The minimum Gasteiger partial charge on any atom is -0.380 e. The summed E-state index contributed by atoms with van der Waals surface area (Å²) in [7, 11) is 0. The van der Waals surface area contributed by atoms with Crippen molar-refractivity contribution in [1.29, 1.82) is 0 Å². The number of aromatic nitrogens is 1. The molecule has 0 amide bonds. The molecule has 0 unspecified atom stereocenters. The Labute approximate surface area is 105 Å². The number of nitrogens with zero attached hydrogens (tertiary/aromatic N) is 1. The van der Waals surface area contributed by atoms with Gasteiger partial charge in [-0.25, -0.2) is 9.37 Å². The Balaban J connectivity index is 2.12. The Kier molecular flexibility index (Phi) is 3.43. The first-order valence-corrected chi connectivity index (χ1v) is 6.31. The molecule has 0 aliphatic heterocycles. The fourth-order valence-electron chi connectivity index (χ4n) is 1.70. The van der Waals surface area contributed by atoms with E-state index in [0.29, 0.717) is 6.54 Å². The van der Waals surface area contributed by atoms with Gasteiger partial charge in [0.2, 0.25) is 0 Å². The number of benzene rings is 1. The van der Waals surface area contributed by atoms with Crippen LogP contribution in [0, 0.1) is 26.6 Å². The van der Waals surface area contributed by atoms with E-state index in [2.05, 4.69) is 10.3 Å². The molecule has 4 heteroatoms. The van der Waals surface area contributed by atoms with Crippen molar-refractivity contribution < 1.29 is 4.39 Å². The van der Waals surface area contributed by atoms with Gasteiger partial charge in [-0.1, -0.05) is 6.07 Å². The van der Waals surface area contributed by atoms with Crippen LogP contribution < -0.4 is 5.32 Å². The summed E-state index contributed by atoms with van der Waals surface area (Å²) in [5.74, 6) is -0.213. The SMILES string of the molecule is Cc1nc(C)c(CNc2cc(F)ccc2C)s1. The van der Waals surface area contributed by atoms with Crippen molar-refractivity contribution in [3.8, 4) is 0 Å². The zero-order chi connectivity index (χ0) is 12.4. The molecule has 1 heterocycles. The summed E-state index contributed by atoms with van der Waals surface area (Å²) in [5, 5.41) is 4.32. The molecule has 0 fully saturated rings. The quantitative estimate of drug-likeness (QED) is 0.895. The van der Waals surface area contributed by atoms with Crippen molar-refractivity contribution >= 4 is 17.0 Å². The zero-order valence-corrected chi connectivity index (χ0v) is 11.0. The standard InChI is InChI=1S/C13H15FN2S/c1-8-4-5-11(14)6-12(8)15-7-13-9(2)16-10(3)17-13/h4-6,15H,7H2,1-3H3. The lowest BCUT2D eigenvalue weighted by Gasteiger charge is -2.08. The summed E-state index contributed by atoms with van der Waals surface area (Å²) in [6, 6.07) is 4.78. The molecule has 17 heavy (non-hydrogen) atoms. The Bertz CT molecular complexity index is 534. The second-order valence-corrected chi connectivity index (χ2v) is 5.34. The highest BCUT2D eigenvalue weighted by atomic mass is 32.1. The molecule has 0 saturated heterocycles. The van der Waals surface area contributed by atoms with Gasteiger partial charge in [-0.3, -0.25) is 0 Å². The second-order valence-electron chi connectivity index (χ2n) is 4.05. The third kappa shape index (κ3) is 2.82. The smallest absolute Gasteiger partial charge is 0.125 e. The van der Waals surface area contributed by atoms with Crippen LogP contribution in [0.25, 0.3) is 0 Å². The van der Waals surface area contributed by atoms with Gasteiger partial charge in [0.25, 0.3) is 0 Å². The first-order chi connectivity index (χ1) is 8.06. The molecule has 1 aromatic carbocycles. The van der Waals surface area contributed by atoms with Crippen molar-refractivity contribution in [3.63, 3.8) is 0 Å². The van der Waals surface area contributed by atoms with E-state index >= 15 is 0 Å². The van der Waals surface area contributed by atoms with Gasteiger partial charge in [0, 0.05) is 10.6 Å². The van der Waals surface area contributed by atoms with E-state index in [1.165, 1.54) is 17.0 Å². The van der Waals surface area contributed by atoms with Crippen LogP contribution in [-0.4, -0.2) is 4.98 Å². The topological polar surface area (TPSA) is 24.9 Å². The molecule has 1 aromatic heterocycles. The minimum absolute atomic E-state index is 0.213. The molecule has 0 spiro atoms. The highest BCUT2D eigenvalue weighted by molar-refractivity contribution is 7.11. The molecule has 2 aromatic rings. The fraction of sp³-hybridized carbons (Fsp3) is 0.308. The van der Waals surface area contributed by atoms with Gasteiger partial charge in [-0.15, -0.1) is 11.3 Å². The van der Waals surface area contributed by atoms with E-state index in [4.69, 9.17) is 0 Å². The number of hydrogen-bond acceptors (Lipinski definition) is 3. The predicted molar refractivity (Wildman–Crippen MR) is 70.1 cm³/mol. The molecule has 0 atom stereocenters. The monoisotopic (exact) mass is 250 g/mol. The molecule has 1 N–H and O–H groups in total. The van der Waals surface area contributed by atoms with E-state index in [0.717, 1.165) is 22.0 Å². The Morgan fingerprint density at radius 1 is 1.29 bits per heavy atom. The maximum Gasteiger partial charge on any atom is 0.125 e. The molecule has 90 valence electrons. The average Bonchev–Trinajstić information content (AvgIpc) is 2.59. The van der Waals surface area contributed by atoms with Gasteiger partial charge in [-0.05, 0) is 38.5 Å². The summed E-state index contributed by atoms with van der Waals surface area (Å²) < 4.78 is 13.1. The molecule has 2 rings (SSSR count). The van der Waals surface area contributed by atoms with Crippen LogP contribution in [0.4, 0.5) is 10.1 Å². The van der Waals surface area contributed by atoms with Crippen molar-refractivity contribution in [2.24, 2.45) is 0 Å². The normalized spacial score (nSPS) is 10.6. The molecule has 0 aliphatic rings. The van der Waals surface area contributed by atoms with E-state index in [-0.39, 0.29) is 5.82 Å². The number of thiazole rings is 1. The van der Waals surface area contributed by atoms with Crippen LogP contribution in [0.1, 0.15) is 21.1 Å². The molecule has 0 aliphatic carbocycles. The molecular weight excluding hydrogens is 235 g/mol. The lowest BCUT2D eigenvalue weighted by Crippen LogP contribution is -2.01. The van der Waals surface area contributed by atoms with E-state index in [1.54, 1.807) is 17.4 Å². The number of aryl methyl sites for hydroxylation is 3. The maximum atomic E-state index is 13.1. The number of rotatable bonds is 3. The third-order valence-electron chi connectivity index (χ3n) is 2.64. The zero-order valence-electron chi connectivity index (χ0n) is 10.2. The summed E-state index contributed by atoms with van der Waals surface area (Å²) in [6.07, 6.45) is 0. The lowest BCUT2D eigenvalue weighted by atomic mass is 10.2. The second kappa shape index (κ2) is 4.84. The average molecular weight is 250 g/mol. The van der Waals surface area contributed by atoms with Crippen LogP contribution >= 0.6 is 11.3 Å².